The first-order chi connectivity index (χ1) is 18.2. The molecule has 0 radical (unpaired) electrons. The SMILES string of the molecule is COc1cccnc1-n1cc(S(=O)(=O)Nc2ccc3c(C(=O)Nc4ccc(F)c(Cl)c4)n(C)nc3c2)cn1. The van der Waals surface area contributed by atoms with Gasteiger partial charge in [0.05, 0.1) is 35.7 Å². The van der Waals surface area contributed by atoms with Crippen molar-refractivity contribution in [2.45, 2.75) is 4.90 Å². The molecule has 2 aromatic carbocycles. The summed E-state index contributed by atoms with van der Waals surface area (Å²) >= 11 is 5.80. The van der Waals surface area contributed by atoms with E-state index in [1.165, 1.54) is 59.3 Å². The van der Waals surface area contributed by atoms with Crippen LogP contribution in [0.5, 0.6) is 5.75 Å². The molecule has 0 unspecified atom stereocenters. The zero-order valence-electron chi connectivity index (χ0n) is 19.9. The summed E-state index contributed by atoms with van der Waals surface area (Å²) in [6, 6.07) is 11.8. The highest BCUT2D eigenvalue weighted by Gasteiger charge is 2.21. The number of rotatable bonds is 7. The van der Waals surface area contributed by atoms with Crippen molar-refractivity contribution < 1.29 is 22.3 Å². The molecule has 194 valence electrons. The Kier molecular flexibility index (Phi) is 6.46. The first-order valence-electron chi connectivity index (χ1n) is 11.0. The van der Waals surface area contributed by atoms with Gasteiger partial charge in [-0.25, -0.2) is 22.5 Å². The average Bonchev–Trinajstić information content (AvgIpc) is 3.50. The molecular weight excluding hydrogens is 537 g/mol. The van der Waals surface area contributed by atoms with Crippen LogP contribution in [0.15, 0.2) is 72.0 Å². The van der Waals surface area contributed by atoms with E-state index in [-0.39, 0.29) is 21.3 Å². The number of nitrogens with one attached hydrogen (secondary N) is 2. The number of hydrogen-bond acceptors (Lipinski definition) is 7. The highest BCUT2D eigenvalue weighted by atomic mass is 35.5. The third kappa shape index (κ3) is 4.76. The number of pyridine rings is 1. The smallest absolute Gasteiger partial charge is 0.274 e. The number of benzene rings is 2. The van der Waals surface area contributed by atoms with Crippen LogP contribution >= 0.6 is 11.6 Å². The van der Waals surface area contributed by atoms with Gasteiger partial charge in [-0.15, -0.1) is 0 Å². The van der Waals surface area contributed by atoms with Crippen molar-refractivity contribution in [1.29, 1.82) is 0 Å². The van der Waals surface area contributed by atoms with E-state index in [9.17, 15) is 17.6 Å². The van der Waals surface area contributed by atoms with Gasteiger partial charge in [0.15, 0.2) is 11.6 Å². The minimum Gasteiger partial charge on any atom is -0.493 e. The zero-order valence-corrected chi connectivity index (χ0v) is 21.5. The molecule has 0 aliphatic heterocycles. The fourth-order valence-electron chi connectivity index (χ4n) is 3.79. The molecule has 0 saturated carbocycles. The van der Waals surface area contributed by atoms with Gasteiger partial charge >= 0.3 is 0 Å². The normalized spacial score (nSPS) is 11.5. The maximum Gasteiger partial charge on any atom is 0.274 e. The largest absolute Gasteiger partial charge is 0.493 e. The number of ether oxygens (including phenoxy) is 1. The van der Waals surface area contributed by atoms with Crippen LogP contribution in [-0.2, 0) is 17.1 Å². The van der Waals surface area contributed by atoms with E-state index in [2.05, 4.69) is 25.2 Å². The Morgan fingerprint density at radius 2 is 1.92 bits per heavy atom. The van der Waals surface area contributed by atoms with Gasteiger partial charge < -0.3 is 10.1 Å². The van der Waals surface area contributed by atoms with Crippen molar-refractivity contribution in [1.82, 2.24) is 24.5 Å². The molecule has 0 saturated heterocycles. The van der Waals surface area contributed by atoms with Crippen molar-refractivity contribution in [2.24, 2.45) is 7.05 Å². The van der Waals surface area contributed by atoms with E-state index in [0.29, 0.717) is 28.2 Å². The summed E-state index contributed by atoms with van der Waals surface area (Å²) in [5.74, 6) is -0.339. The molecule has 0 aliphatic carbocycles. The molecule has 0 bridgehead atoms. The Hall–Kier alpha value is -4.49. The van der Waals surface area contributed by atoms with Gasteiger partial charge in [-0.3, -0.25) is 14.2 Å². The van der Waals surface area contributed by atoms with Crippen LogP contribution in [0, 0.1) is 5.82 Å². The molecule has 0 fully saturated rings. The van der Waals surface area contributed by atoms with Crippen LogP contribution in [0.25, 0.3) is 16.7 Å². The summed E-state index contributed by atoms with van der Waals surface area (Å²) in [7, 11) is -0.959. The molecule has 3 aromatic heterocycles. The zero-order chi connectivity index (χ0) is 27.0. The molecule has 3 heterocycles. The molecule has 0 atom stereocenters. The lowest BCUT2D eigenvalue weighted by atomic mass is 10.2. The third-order valence-corrected chi connectivity index (χ3v) is 7.16. The number of aryl methyl sites for hydroxylation is 1. The maximum absolute atomic E-state index is 13.4. The molecule has 2 N–H and O–H groups in total. The Labute approximate surface area is 220 Å². The van der Waals surface area contributed by atoms with Crippen LogP contribution in [0.1, 0.15) is 10.5 Å². The Balaban J connectivity index is 1.39. The Bertz CT molecular complexity index is 1800. The standard InChI is InChI=1S/C24H19ClFN7O4S/c1-32-22(24(34)29-14-6-8-19(26)18(25)10-14)17-7-5-15(11-20(17)30-32)31-38(35,36)16-12-28-33(13-16)23-21(37-2)4-3-9-27-23/h3-13,31H,1-2H3,(H,29,34). The van der Waals surface area contributed by atoms with Gasteiger partial charge in [-0.1, -0.05) is 11.6 Å². The summed E-state index contributed by atoms with van der Waals surface area (Å²) in [6.45, 7) is 0. The number of aromatic nitrogens is 5. The number of sulfonamides is 1. The molecule has 0 aliphatic rings. The maximum atomic E-state index is 13.4. The molecule has 0 spiro atoms. The highest BCUT2D eigenvalue weighted by molar-refractivity contribution is 7.92. The fraction of sp³-hybridized carbons (Fsp3) is 0.0833. The summed E-state index contributed by atoms with van der Waals surface area (Å²) < 4.78 is 49.9. The minimum atomic E-state index is -4.02. The van der Waals surface area contributed by atoms with Crippen LogP contribution < -0.4 is 14.8 Å². The number of methoxy groups -OCH3 is 1. The first kappa shape index (κ1) is 25.2. The summed E-state index contributed by atoms with van der Waals surface area (Å²) in [6.07, 6.45) is 4.05. The summed E-state index contributed by atoms with van der Waals surface area (Å²) in [5, 5.41) is 11.4. The molecule has 1 amide bonds. The van der Waals surface area contributed by atoms with Crippen molar-refractivity contribution in [2.75, 3.05) is 17.1 Å². The van der Waals surface area contributed by atoms with E-state index in [4.69, 9.17) is 16.3 Å². The number of nitrogens with zero attached hydrogens (tertiary/aromatic N) is 5. The van der Waals surface area contributed by atoms with Gasteiger partial charge in [0, 0.05) is 24.3 Å². The number of carbonyl (C=O) groups is 1. The van der Waals surface area contributed by atoms with Crippen LogP contribution in [0.2, 0.25) is 5.02 Å². The van der Waals surface area contributed by atoms with E-state index in [1.807, 2.05) is 0 Å². The molecular formula is C24H19ClFN7O4S. The molecule has 5 aromatic rings. The van der Waals surface area contributed by atoms with E-state index < -0.39 is 21.7 Å². The second-order valence-corrected chi connectivity index (χ2v) is 10.1. The van der Waals surface area contributed by atoms with Gasteiger partial charge in [0.25, 0.3) is 15.9 Å². The van der Waals surface area contributed by atoms with Crippen molar-refractivity contribution in [3.8, 4) is 11.6 Å². The number of hydrogen-bond donors (Lipinski definition) is 2. The van der Waals surface area contributed by atoms with Crippen LogP contribution in [0.4, 0.5) is 15.8 Å². The quantitative estimate of drug-likeness (QED) is 0.310. The molecule has 14 heteroatoms. The van der Waals surface area contributed by atoms with Gasteiger partial charge in [-0.2, -0.15) is 10.2 Å². The predicted octanol–water partition coefficient (Wildman–Crippen LogP) is 4.01. The third-order valence-electron chi connectivity index (χ3n) is 5.54. The molecule has 11 nitrogen and oxygen atoms in total. The van der Waals surface area contributed by atoms with Gasteiger partial charge in [0.1, 0.15) is 16.4 Å². The molecule has 38 heavy (non-hydrogen) atoms. The van der Waals surface area contributed by atoms with Crippen molar-refractivity contribution in [3.63, 3.8) is 0 Å². The monoisotopic (exact) mass is 555 g/mol. The predicted molar refractivity (Wildman–Crippen MR) is 139 cm³/mol. The number of fused-ring (bicyclic) bond motifs is 1. The number of halogens is 2. The lowest BCUT2D eigenvalue weighted by Crippen LogP contribution is -2.16. The van der Waals surface area contributed by atoms with Gasteiger partial charge in [-0.05, 0) is 48.5 Å². The lowest BCUT2D eigenvalue weighted by molar-refractivity contribution is 0.101. The Morgan fingerprint density at radius 3 is 2.68 bits per heavy atom. The van der Waals surface area contributed by atoms with Crippen molar-refractivity contribution in [3.05, 3.63) is 83.7 Å². The number of anilines is 2. The number of amides is 1. The number of carbonyl (C=O) groups excluding carboxylic acids is 1. The lowest BCUT2D eigenvalue weighted by Gasteiger charge is -2.08. The van der Waals surface area contributed by atoms with Crippen molar-refractivity contribution >= 4 is 49.8 Å². The fourth-order valence-corrected chi connectivity index (χ4v) is 4.95. The summed E-state index contributed by atoms with van der Waals surface area (Å²) in [4.78, 5) is 17.0. The average molecular weight is 556 g/mol. The van der Waals surface area contributed by atoms with Crippen LogP contribution in [0.3, 0.4) is 0 Å². The highest BCUT2D eigenvalue weighted by Crippen LogP contribution is 2.26. The topological polar surface area (TPSA) is 133 Å². The van der Waals surface area contributed by atoms with E-state index in [1.54, 1.807) is 25.2 Å². The van der Waals surface area contributed by atoms with E-state index in [0.717, 1.165) is 6.07 Å². The summed E-state index contributed by atoms with van der Waals surface area (Å²) in [5.41, 5.74) is 1.14. The van der Waals surface area contributed by atoms with Gasteiger partial charge in [0.2, 0.25) is 0 Å². The van der Waals surface area contributed by atoms with Crippen LogP contribution in [-0.4, -0.2) is 46.0 Å². The molecule has 5 rings (SSSR count). The first-order valence-corrected chi connectivity index (χ1v) is 12.8. The second kappa shape index (κ2) is 9.76. The Morgan fingerprint density at radius 1 is 1.13 bits per heavy atom. The van der Waals surface area contributed by atoms with E-state index >= 15 is 0 Å². The minimum absolute atomic E-state index is 0.0932. The second-order valence-electron chi connectivity index (χ2n) is 8.04.